The molecule has 196 valence electrons. The lowest BCUT2D eigenvalue weighted by molar-refractivity contribution is -0.140. The molecule has 5 N–H and O–H groups in total. The highest BCUT2D eigenvalue weighted by Crippen LogP contribution is 2.45. The van der Waals surface area contributed by atoms with E-state index in [1.807, 2.05) is 0 Å². The van der Waals surface area contributed by atoms with Gasteiger partial charge in [0.05, 0.1) is 26.2 Å². The van der Waals surface area contributed by atoms with Gasteiger partial charge in [0.2, 0.25) is 11.2 Å². The number of phenolic OH excluding ortho intramolecular Hbond substituents is 4. The average molecular weight is 522 g/mol. The van der Waals surface area contributed by atoms with E-state index in [1.54, 1.807) is 0 Å². The van der Waals surface area contributed by atoms with Crippen molar-refractivity contribution in [1.82, 2.24) is 0 Å². The number of aromatic hydroxyl groups is 5. The van der Waals surface area contributed by atoms with Gasteiger partial charge in [0.1, 0.15) is 22.5 Å². The maximum atomic E-state index is 13.1. The van der Waals surface area contributed by atoms with Gasteiger partial charge in [-0.25, -0.2) is 4.79 Å². The number of phenols is 4. The van der Waals surface area contributed by atoms with Gasteiger partial charge in [-0.05, 0) is 35.9 Å². The zero-order chi connectivity index (χ0) is 27.7. The minimum absolute atomic E-state index is 0.00229. The first-order valence-corrected chi connectivity index (χ1v) is 11.1. The van der Waals surface area contributed by atoms with Gasteiger partial charge in [0.15, 0.2) is 17.3 Å². The molecule has 1 aromatic heterocycles. The van der Waals surface area contributed by atoms with Crippen molar-refractivity contribution in [2.75, 3.05) is 14.2 Å². The molecule has 0 unspecified atom stereocenters. The number of rotatable bonds is 6. The molecule has 1 heterocycles. The van der Waals surface area contributed by atoms with Crippen molar-refractivity contribution in [3.05, 3.63) is 75.4 Å². The third-order valence-corrected chi connectivity index (χ3v) is 6.06. The topological polar surface area (TPSA) is 184 Å². The number of hydrogen-bond donors (Lipinski definition) is 5. The molecule has 0 aliphatic carbocycles. The molecule has 0 aliphatic heterocycles. The summed E-state index contributed by atoms with van der Waals surface area (Å²) >= 11 is 0. The summed E-state index contributed by atoms with van der Waals surface area (Å²) in [5.74, 6) is -5.86. The van der Waals surface area contributed by atoms with Crippen LogP contribution in [0.5, 0.6) is 28.7 Å². The summed E-state index contributed by atoms with van der Waals surface area (Å²) in [4.78, 5) is 37.4. The number of fused-ring (bicyclic) bond motifs is 1. The molecule has 0 amide bonds. The zero-order valence-electron chi connectivity index (χ0n) is 20.1. The standard InChI is InChI=1S/C27H22O11/c1-36-20(32)10-15(12-3-5-13(6-4-12)27(35)37-2)21-18(30)11-19(31)22-23(33)24(34)25(38-26(21)22)14-7-8-16(28)17(29)9-14/h3-9,11,15,28-31,34H,10H2,1-2H3/t15-/m1/s1. The van der Waals surface area contributed by atoms with E-state index < -0.39 is 63.2 Å². The number of carbonyl (C=O) groups excluding carboxylic acids is 2. The Labute approximate surface area is 214 Å². The summed E-state index contributed by atoms with van der Waals surface area (Å²) in [7, 11) is 2.39. The van der Waals surface area contributed by atoms with Crippen LogP contribution < -0.4 is 5.43 Å². The number of carbonyl (C=O) groups is 2. The van der Waals surface area contributed by atoms with Crippen LogP contribution in [0.3, 0.4) is 0 Å². The normalized spacial score (nSPS) is 11.7. The van der Waals surface area contributed by atoms with E-state index in [1.165, 1.54) is 44.6 Å². The molecule has 0 fully saturated rings. The lowest BCUT2D eigenvalue weighted by Crippen LogP contribution is -2.13. The lowest BCUT2D eigenvalue weighted by atomic mass is 9.86. The maximum Gasteiger partial charge on any atom is 0.337 e. The quantitative estimate of drug-likeness (QED) is 0.184. The van der Waals surface area contributed by atoms with Gasteiger partial charge in [-0.3, -0.25) is 9.59 Å². The van der Waals surface area contributed by atoms with Gasteiger partial charge < -0.3 is 39.4 Å². The molecule has 0 bridgehead atoms. The van der Waals surface area contributed by atoms with Gasteiger partial charge in [0.25, 0.3) is 0 Å². The third-order valence-electron chi connectivity index (χ3n) is 6.06. The van der Waals surface area contributed by atoms with E-state index in [9.17, 15) is 39.9 Å². The Bertz CT molecular complexity index is 1620. The molecular weight excluding hydrogens is 500 g/mol. The second kappa shape index (κ2) is 10.1. The van der Waals surface area contributed by atoms with Crippen molar-refractivity contribution in [2.45, 2.75) is 12.3 Å². The van der Waals surface area contributed by atoms with E-state index in [0.717, 1.165) is 18.2 Å². The Balaban J connectivity index is 2.04. The van der Waals surface area contributed by atoms with Crippen molar-refractivity contribution in [3.8, 4) is 40.1 Å². The summed E-state index contributed by atoms with van der Waals surface area (Å²) < 4.78 is 15.4. The fourth-order valence-electron chi connectivity index (χ4n) is 4.15. The molecule has 1 atom stereocenters. The van der Waals surface area contributed by atoms with Gasteiger partial charge in [-0.15, -0.1) is 0 Å². The van der Waals surface area contributed by atoms with E-state index in [-0.39, 0.29) is 28.7 Å². The Hall–Kier alpha value is -5.19. The monoisotopic (exact) mass is 522 g/mol. The fourth-order valence-corrected chi connectivity index (χ4v) is 4.15. The van der Waals surface area contributed by atoms with Crippen LogP contribution in [0.4, 0.5) is 0 Å². The van der Waals surface area contributed by atoms with Crippen LogP contribution in [-0.4, -0.2) is 51.7 Å². The summed E-state index contributed by atoms with van der Waals surface area (Å²) in [6.45, 7) is 0. The Kier molecular flexibility index (Phi) is 6.85. The number of hydrogen-bond acceptors (Lipinski definition) is 11. The average Bonchev–Trinajstić information content (AvgIpc) is 2.90. The SMILES string of the molecule is COC(=O)C[C@H](c1ccc(C(=O)OC)cc1)c1c(O)cc(O)c2c(=O)c(O)c(-c3ccc(O)c(O)c3)oc12. The first-order chi connectivity index (χ1) is 18.1. The Morgan fingerprint density at radius 2 is 1.53 bits per heavy atom. The second-order valence-corrected chi connectivity index (χ2v) is 8.29. The summed E-state index contributed by atoms with van der Waals surface area (Å²) in [5, 5.41) is 51.1. The second-order valence-electron chi connectivity index (χ2n) is 8.29. The minimum atomic E-state index is -1.05. The van der Waals surface area contributed by atoms with E-state index in [2.05, 4.69) is 0 Å². The molecule has 0 saturated carbocycles. The van der Waals surface area contributed by atoms with Crippen LogP contribution in [0.1, 0.15) is 33.8 Å². The highest BCUT2D eigenvalue weighted by atomic mass is 16.5. The predicted molar refractivity (Wildman–Crippen MR) is 133 cm³/mol. The van der Waals surface area contributed by atoms with Crippen molar-refractivity contribution in [1.29, 1.82) is 0 Å². The zero-order valence-corrected chi connectivity index (χ0v) is 20.1. The van der Waals surface area contributed by atoms with Crippen LogP contribution in [0.15, 0.2) is 57.7 Å². The first kappa shape index (κ1) is 25.9. The molecule has 38 heavy (non-hydrogen) atoms. The van der Waals surface area contributed by atoms with Gasteiger partial charge in [-0.2, -0.15) is 0 Å². The number of ether oxygens (including phenoxy) is 2. The maximum absolute atomic E-state index is 13.1. The molecule has 3 aromatic carbocycles. The Morgan fingerprint density at radius 1 is 0.842 bits per heavy atom. The highest BCUT2D eigenvalue weighted by molar-refractivity contribution is 5.93. The van der Waals surface area contributed by atoms with E-state index in [4.69, 9.17) is 13.9 Å². The first-order valence-electron chi connectivity index (χ1n) is 11.1. The Morgan fingerprint density at radius 3 is 2.13 bits per heavy atom. The lowest BCUT2D eigenvalue weighted by Gasteiger charge is -2.20. The van der Waals surface area contributed by atoms with E-state index in [0.29, 0.717) is 5.56 Å². The van der Waals surface area contributed by atoms with Crippen LogP contribution in [0, 0.1) is 0 Å². The molecule has 4 aromatic rings. The van der Waals surface area contributed by atoms with Crippen LogP contribution in [0.2, 0.25) is 0 Å². The summed E-state index contributed by atoms with van der Waals surface area (Å²) in [6, 6.07) is 10.2. The fraction of sp³-hybridized carbons (Fsp3) is 0.148. The number of methoxy groups -OCH3 is 2. The largest absolute Gasteiger partial charge is 0.507 e. The summed E-state index contributed by atoms with van der Waals surface area (Å²) in [6.07, 6.45) is -0.346. The molecule has 0 aliphatic rings. The summed E-state index contributed by atoms with van der Waals surface area (Å²) in [5.41, 5.74) is -0.860. The van der Waals surface area contributed by atoms with Crippen molar-refractivity contribution in [2.24, 2.45) is 0 Å². The van der Waals surface area contributed by atoms with Crippen molar-refractivity contribution in [3.63, 3.8) is 0 Å². The smallest absolute Gasteiger partial charge is 0.337 e. The highest BCUT2D eigenvalue weighted by Gasteiger charge is 2.30. The molecule has 11 nitrogen and oxygen atoms in total. The predicted octanol–water partition coefficient (Wildman–Crippen LogP) is 3.47. The van der Waals surface area contributed by atoms with Gasteiger partial charge in [-0.1, -0.05) is 12.1 Å². The molecule has 0 saturated heterocycles. The van der Waals surface area contributed by atoms with E-state index >= 15 is 0 Å². The minimum Gasteiger partial charge on any atom is -0.507 e. The molecule has 0 radical (unpaired) electrons. The number of esters is 2. The van der Waals surface area contributed by atoms with Crippen molar-refractivity contribution >= 4 is 22.9 Å². The van der Waals surface area contributed by atoms with Crippen LogP contribution in [-0.2, 0) is 14.3 Å². The van der Waals surface area contributed by atoms with Gasteiger partial charge >= 0.3 is 11.9 Å². The molecule has 0 spiro atoms. The van der Waals surface area contributed by atoms with Crippen LogP contribution in [0.25, 0.3) is 22.3 Å². The van der Waals surface area contributed by atoms with Crippen molar-refractivity contribution < 1.29 is 49.0 Å². The van der Waals surface area contributed by atoms with Gasteiger partial charge in [0, 0.05) is 23.1 Å². The molecular formula is C27H22O11. The molecule has 4 rings (SSSR count). The van der Waals surface area contributed by atoms with Crippen LogP contribution >= 0.6 is 0 Å². The third kappa shape index (κ3) is 4.52. The molecule has 11 heteroatoms. The number of benzene rings is 3.